The molecule has 6 heteroatoms. The molecule has 0 unspecified atom stereocenters. The normalized spacial score (nSPS) is 10.8. The lowest BCUT2D eigenvalue weighted by molar-refractivity contribution is 0.238. The summed E-state index contributed by atoms with van der Waals surface area (Å²) in [4.78, 5) is 28.1. The van der Waals surface area contributed by atoms with Gasteiger partial charge in [-0.25, -0.2) is 9.78 Å². The predicted molar refractivity (Wildman–Crippen MR) is 77.5 cm³/mol. The van der Waals surface area contributed by atoms with Crippen molar-refractivity contribution in [2.75, 3.05) is 0 Å². The van der Waals surface area contributed by atoms with Gasteiger partial charge in [0.05, 0.1) is 17.4 Å². The second kappa shape index (κ2) is 5.73. The van der Waals surface area contributed by atoms with Crippen LogP contribution in [-0.2, 0) is 13.6 Å². The van der Waals surface area contributed by atoms with E-state index < -0.39 is 0 Å². The van der Waals surface area contributed by atoms with Crippen molar-refractivity contribution in [1.29, 1.82) is 0 Å². The summed E-state index contributed by atoms with van der Waals surface area (Å²) in [6, 6.07) is 6.95. The summed E-state index contributed by atoms with van der Waals surface area (Å²) in [7, 11) is 1.65. The molecule has 2 aromatic rings. The number of aromatic nitrogens is 2. The summed E-state index contributed by atoms with van der Waals surface area (Å²) in [5.74, 6) is 0.521. The minimum absolute atomic E-state index is 0.0587. The van der Waals surface area contributed by atoms with Gasteiger partial charge in [0.25, 0.3) is 5.56 Å². The number of rotatable bonds is 3. The van der Waals surface area contributed by atoms with Crippen LogP contribution in [0.15, 0.2) is 29.1 Å². The van der Waals surface area contributed by atoms with Crippen LogP contribution in [0.4, 0.5) is 4.79 Å². The van der Waals surface area contributed by atoms with Crippen LogP contribution in [0.1, 0.15) is 19.7 Å². The number of amides is 2. The van der Waals surface area contributed by atoms with Crippen molar-refractivity contribution >= 4 is 16.9 Å². The second-order valence-corrected chi connectivity index (χ2v) is 4.89. The van der Waals surface area contributed by atoms with Gasteiger partial charge in [-0.15, -0.1) is 0 Å². The first-order valence-corrected chi connectivity index (χ1v) is 6.48. The molecule has 0 saturated carbocycles. The fourth-order valence-corrected chi connectivity index (χ4v) is 1.89. The Bertz CT molecular complexity index is 691. The van der Waals surface area contributed by atoms with E-state index in [2.05, 4.69) is 15.6 Å². The lowest BCUT2D eigenvalue weighted by Gasteiger charge is -2.12. The molecule has 2 amide bonds. The SMILES string of the molecule is CC(C)NC(=O)NCc1nc2ccccc2c(=O)n1C. The Kier molecular flexibility index (Phi) is 4.02. The third kappa shape index (κ3) is 2.96. The lowest BCUT2D eigenvalue weighted by atomic mass is 10.2. The van der Waals surface area contributed by atoms with Crippen LogP contribution in [0, 0.1) is 0 Å². The van der Waals surface area contributed by atoms with E-state index in [9.17, 15) is 9.59 Å². The Morgan fingerprint density at radius 1 is 1.35 bits per heavy atom. The molecule has 0 saturated heterocycles. The summed E-state index contributed by atoms with van der Waals surface area (Å²) in [5, 5.41) is 5.98. The number of fused-ring (bicyclic) bond motifs is 1. The minimum atomic E-state index is -0.276. The first-order chi connectivity index (χ1) is 9.49. The van der Waals surface area contributed by atoms with Crippen molar-refractivity contribution in [2.24, 2.45) is 7.05 Å². The van der Waals surface area contributed by atoms with Gasteiger partial charge in [0.15, 0.2) is 0 Å². The number of para-hydroxylation sites is 1. The van der Waals surface area contributed by atoms with Gasteiger partial charge in [-0.05, 0) is 26.0 Å². The van der Waals surface area contributed by atoms with Crippen LogP contribution in [0.2, 0.25) is 0 Å². The van der Waals surface area contributed by atoms with Crippen LogP contribution >= 0.6 is 0 Å². The van der Waals surface area contributed by atoms with Gasteiger partial charge in [0.2, 0.25) is 0 Å². The summed E-state index contributed by atoms with van der Waals surface area (Å²) < 4.78 is 1.46. The molecule has 0 fully saturated rings. The molecule has 0 aliphatic rings. The van der Waals surface area contributed by atoms with Crippen LogP contribution in [0.5, 0.6) is 0 Å². The number of nitrogens with one attached hydrogen (secondary N) is 2. The second-order valence-electron chi connectivity index (χ2n) is 4.89. The molecule has 0 aliphatic carbocycles. The Labute approximate surface area is 116 Å². The zero-order valence-electron chi connectivity index (χ0n) is 11.8. The maximum absolute atomic E-state index is 12.2. The zero-order valence-corrected chi connectivity index (χ0v) is 11.8. The molecule has 1 heterocycles. The Balaban J connectivity index is 2.25. The summed E-state index contributed by atoms with van der Waals surface area (Å²) >= 11 is 0. The van der Waals surface area contributed by atoms with E-state index in [0.29, 0.717) is 16.7 Å². The maximum atomic E-state index is 12.2. The first-order valence-electron chi connectivity index (χ1n) is 6.48. The molecule has 1 aromatic carbocycles. The molecular weight excluding hydrogens is 256 g/mol. The topological polar surface area (TPSA) is 76.0 Å². The summed E-state index contributed by atoms with van der Waals surface area (Å²) in [6.07, 6.45) is 0. The van der Waals surface area contributed by atoms with Crippen molar-refractivity contribution in [1.82, 2.24) is 20.2 Å². The van der Waals surface area contributed by atoms with E-state index in [0.717, 1.165) is 0 Å². The van der Waals surface area contributed by atoms with E-state index >= 15 is 0 Å². The van der Waals surface area contributed by atoms with Gasteiger partial charge in [-0.1, -0.05) is 12.1 Å². The van der Waals surface area contributed by atoms with Crippen LogP contribution in [0.3, 0.4) is 0 Å². The monoisotopic (exact) mass is 274 g/mol. The molecule has 0 atom stereocenters. The fourth-order valence-electron chi connectivity index (χ4n) is 1.89. The highest BCUT2D eigenvalue weighted by Crippen LogP contribution is 2.06. The standard InChI is InChI=1S/C14H18N4O2/c1-9(2)16-14(20)15-8-12-17-11-7-5-4-6-10(11)13(19)18(12)3/h4-7,9H,8H2,1-3H3,(H2,15,16,20). The van der Waals surface area contributed by atoms with Gasteiger partial charge in [0, 0.05) is 13.1 Å². The van der Waals surface area contributed by atoms with E-state index in [1.165, 1.54) is 4.57 Å². The highest BCUT2D eigenvalue weighted by atomic mass is 16.2. The molecule has 6 nitrogen and oxygen atoms in total. The van der Waals surface area contributed by atoms with Crippen molar-refractivity contribution < 1.29 is 4.79 Å². The van der Waals surface area contributed by atoms with E-state index in [-0.39, 0.29) is 24.2 Å². The highest BCUT2D eigenvalue weighted by molar-refractivity contribution is 5.77. The number of urea groups is 1. The molecule has 106 valence electrons. The largest absolute Gasteiger partial charge is 0.336 e. The Morgan fingerprint density at radius 3 is 2.75 bits per heavy atom. The summed E-state index contributed by atoms with van der Waals surface area (Å²) in [6.45, 7) is 3.96. The quantitative estimate of drug-likeness (QED) is 0.881. The average molecular weight is 274 g/mol. The molecule has 1 aromatic heterocycles. The molecule has 2 N–H and O–H groups in total. The molecule has 0 aliphatic heterocycles. The average Bonchev–Trinajstić information content (AvgIpc) is 2.40. The van der Waals surface area contributed by atoms with Crippen molar-refractivity contribution in [2.45, 2.75) is 26.4 Å². The Morgan fingerprint density at radius 2 is 2.05 bits per heavy atom. The number of nitrogens with zero attached hydrogens (tertiary/aromatic N) is 2. The third-order valence-corrected chi connectivity index (χ3v) is 2.90. The number of hydrogen-bond acceptors (Lipinski definition) is 3. The number of benzene rings is 1. The van der Waals surface area contributed by atoms with Gasteiger partial charge in [-0.3, -0.25) is 9.36 Å². The number of carbonyl (C=O) groups excluding carboxylic acids is 1. The summed E-state index contributed by atoms with van der Waals surface area (Å²) in [5.41, 5.74) is 0.522. The lowest BCUT2D eigenvalue weighted by Crippen LogP contribution is -2.40. The minimum Gasteiger partial charge on any atom is -0.336 e. The van der Waals surface area contributed by atoms with Gasteiger partial charge in [-0.2, -0.15) is 0 Å². The third-order valence-electron chi connectivity index (χ3n) is 2.90. The van der Waals surface area contributed by atoms with Crippen molar-refractivity contribution in [3.8, 4) is 0 Å². The van der Waals surface area contributed by atoms with Gasteiger partial charge < -0.3 is 10.6 Å². The number of hydrogen-bond donors (Lipinski definition) is 2. The molecule has 0 bridgehead atoms. The fraction of sp³-hybridized carbons (Fsp3) is 0.357. The van der Waals surface area contributed by atoms with E-state index in [4.69, 9.17) is 0 Å². The van der Waals surface area contributed by atoms with E-state index in [1.54, 1.807) is 25.2 Å². The van der Waals surface area contributed by atoms with Crippen LogP contribution in [0.25, 0.3) is 10.9 Å². The smallest absolute Gasteiger partial charge is 0.315 e. The first kappa shape index (κ1) is 14.0. The van der Waals surface area contributed by atoms with Crippen molar-refractivity contribution in [3.05, 3.63) is 40.4 Å². The predicted octanol–water partition coefficient (Wildman–Crippen LogP) is 1.14. The Hall–Kier alpha value is -2.37. The van der Waals surface area contributed by atoms with Crippen LogP contribution < -0.4 is 16.2 Å². The maximum Gasteiger partial charge on any atom is 0.315 e. The molecule has 0 radical (unpaired) electrons. The molecule has 2 rings (SSSR count). The van der Waals surface area contributed by atoms with Crippen LogP contribution in [-0.4, -0.2) is 21.6 Å². The molecule has 0 spiro atoms. The number of carbonyl (C=O) groups is 1. The zero-order chi connectivity index (χ0) is 14.7. The van der Waals surface area contributed by atoms with Gasteiger partial charge >= 0.3 is 6.03 Å². The van der Waals surface area contributed by atoms with Gasteiger partial charge in [0.1, 0.15) is 5.82 Å². The van der Waals surface area contributed by atoms with Crippen molar-refractivity contribution in [3.63, 3.8) is 0 Å². The van der Waals surface area contributed by atoms with E-state index in [1.807, 2.05) is 19.9 Å². The molecular formula is C14H18N4O2. The highest BCUT2D eigenvalue weighted by Gasteiger charge is 2.09. The molecule has 20 heavy (non-hydrogen) atoms.